The number of nitrogens with zero attached hydrogens (tertiary/aromatic N) is 2. The van der Waals surface area contributed by atoms with E-state index in [4.69, 9.17) is 11.6 Å². The average Bonchev–Trinajstić information content (AvgIpc) is 2.82. The van der Waals surface area contributed by atoms with Crippen LogP contribution in [-0.2, 0) is 13.6 Å². The van der Waals surface area contributed by atoms with E-state index >= 15 is 0 Å². The van der Waals surface area contributed by atoms with Gasteiger partial charge in [0.15, 0.2) is 0 Å². The fraction of sp³-hybridized carbons (Fsp3) is 0.231. The Bertz CT molecular complexity index is 594. The second-order valence-electron chi connectivity index (χ2n) is 4.15. The van der Waals surface area contributed by atoms with Gasteiger partial charge in [-0.2, -0.15) is 5.10 Å². The molecule has 2 N–H and O–H groups in total. The molecule has 100 valence electrons. The van der Waals surface area contributed by atoms with Gasteiger partial charge in [0.25, 0.3) is 5.91 Å². The molecular formula is C13H15ClN4O. The van der Waals surface area contributed by atoms with Crippen LogP contribution in [0.1, 0.15) is 15.9 Å². The van der Waals surface area contributed by atoms with E-state index in [-0.39, 0.29) is 5.91 Å². The van der Waals surface area contributed by atoms with Crippen LogP contribution in [0.25, 0.3) is 0 Å². The number of benzene rings is 1. The van der Waals surface area contributed by atoms with Crippen molar-refractivity contribution < 1.29 is 4.79 Å². The number of rotatable bonds is 4. The Labute approximate surface area is 116 Å². The molecule has 0 unspecified atom stereocenters. The van der Waals surface area contributed by atoms with E-state index in [1.54, 1.807) is 36.1 Å². The molecule has 1 aromatic heterocycles. The van der Waals surface area contributed by atoms with Crippen LogP contribution in [0.5, 0.6) is 0 Å². The third-order valence-corrected chi connectivity index (χ3v) is 3.03. The summed E-state index contributed by atoms with van der Waals surface area (Å²) in [5, 5.41) is 10.4. The molecule has 0 atom stereocenters. The van der Waals surface area contributed by atoms with Gasteiger partial charge in [0.2, 0.25) is 0 Å². The first-order valence-electron chi connectivity index (χ1n) is 5.83. The lowest BCUT2D eigenvalue weighted by Crippen LogP contribution is -2.17. The van der Waals surface area contributed by atoms with E-state index in [1.165, 1.54) is 0 Å². The van der Waals surface area contributed by atoms with Crippen molar-refractivity contribution in [2.24, 2.45) is 7.05 Å². The number of hydrogen-bond donors (Lipinski definition) is 2. The second-order valence-corrected chi connectivity index (χ2v) is 4.56. The molecule has 0 aliphatic rings. The summed E-state index contributed by atoms with van der Waals surface area (Å²) in [5.74, 6) is -0.138. The number of halogens is 1. The molecule has 0 saturated carbocycles. The minimum atomic E-state index is -0.138. The molecule has 0 saturated heterocycles. The quantitative estimate of drug-likeness (QED) is 0.900. The van der Waals surface area contributed by atoms with Crippen LogP contribution in [0.2, 0.25) is 5.02 Å². The van der Waals surface area contributed by atoms with Gasteiger partial charge < -0.3 is 10.6 Å². The van der Waals surface area contributed by atoms with Gasteiger partial charge >= 0.3 is 0 Å². The summed E-state index contributed by atoms with van der Waals surface area (Å²) in [5.41, 5.74) is 2.34. The van der Waals surface area contributed by atoms with E-state index in [1.807, 2.05) is 13.2 Å². The fourth-order valence-electron chi connectivity index (χ4n) is 1.71. The molecule has 0 aliphatic carbocycles. The summed E-state index contributed by atoms with van der Waals surface area (Å²) >= 11 is 6.10. The van der Waals surface area contributed by atoms with Crippen molar-refractivity contribution in [1.82, 2.24) is 15.1 Å². The summed E-state index contributed by atoms with van der Waals surface area (Å²) in [6.45, 7) is 0.602. The van der Waals surface area contributed by atoms with E-state index in [9.17, 15) is 4.79 Å². The number of anilines is 1. The number of hydrogen-bond acceptors (Lipinski definition) is 3. The lowest BCUT2D eigenvalue weighted by molar-refractivity contribution is 0.0963. The van der Waals surface area contributed by atoms with E-state index in [0.29, 0.717) is 17.1 Å². The number of carbonyl (C=O) groups is 1. The Kier molecular flexibility index (Phi) is 4.06. The topological polar surface area (TPSA) is 59.0 Å². The Morgan fingerprint density at radius 1 is 1.47 bits per heavy atom. The van der Waals surface area contributed by atoms with Crippen molar-refractivity contribution in [3.63, 3.8) is 0 Å². The summed E-state index contributed by atoms with van der Waals surface area (Å²) in [6, 6.07) is 5.13. The standard InChI is InChI=1S/C13H15ClN4O/c1-15-13(19)10-3-4-11(14)12(5-10)16-6-9-7-17-18(2)8-9/h3-5,7-8,16H,6H2,1-2H3,(H,15,19). The number of nitrogens with one attached hydrogen (secondary N) is 2. The van der Waals surface area contributed by atoms with Crippen molar-refractivity contribution in [1.29, 1.82) is 0 Å². The summed E-state index contributed by atoms with van der Waals surface area (Å²) < 4.78 is 1.74. The highest BCUT2D eigenvalue weighted by atomic mass is 35.5. The number of amides is 1. The first-order chi connectivity index (χ1) is 9.10. The van der Waals surface area contributed by atoms with Crippen molar-refractivity contribution in [2.45, 2.75) is 6.54 Å². The van der Waals surface area contributed by atoms with E-state index in [0.717, 1.165) is 11.3 Å². The van der Waals surface area contributed by atoms with Crippen molar-refractivity contribution in [2.75, 3.05) is 12.4 Å². The smallest absolute Gasteiger partial charge is 0.251 e. The van der Waals surface area contributed by atoms with Gasteiger partial charge in [-0.05, 0) is 18.2 Å². The normalized spacial score (nSPS) is 10.3. The van der Waals surface area contributed by atoms with Crippen molar-refractivity contribution >= 4 is 23.2 Å². The molecule has 2 rings (SSSR count). The first-order valence-corrected chi connectivity index (χ1v) is 6.21. The van der Waals surface area contributed by atoms with Crippen LogP contribution in [0.3, 0.4) is 0 Å². The Balaban J connectivity index is 2.12. The second kappa shape index (κ2) is 5.75. The monoisotopic (exact) mass is 278 g/mol. The van der Waals surface area contributed by atoms with Gasteiger partial charge in [-0.25, -0.2) is 0 Å². The highest BCUT2D eigenvalue weighted by Gasteiger charge is 2.07. The third kappa shape index (κ3) is 3.26. The number of aromatic nitrogens is 2. The number of carbonyl (C=O) groups excluding carboxylic acids is 1. The van der Waals surface area contributed by atoms with Gasteiger partial charge in [0.05, 0.1) is 16.9 Å². The maximum Gasteiger partial charge on any atom is 0.251 e. The summed E-state index contributed by atoms with van der Waals surface area (Å²) in [6.07, 6.45) is 3.70. The zero-order chi connectivity index (χ0) is 13.8. The van der Waals surface area contributed by atoms with Crippen LogP contribution in [0.15, 0.2) is 30.6 Å². The largest absolute Gasteiger partial charge is 0.380 e. The van der Waals surface area contributed by atoms with E-state index in [2.05, 4.69) is 15.7 Å². The van der Waals surface area contributed by atoms with Crippen LogP contribution >= 0.6 is 11.6 Å². The lowest BCUT2D eigenvalue weighted by Gasteiger charge is -2.09. The third-order valence-electron chi connectivity index (χ3n) is 2.70. The highest BCUT2D eigenvalue weighted by molar-refractivity contribution is 6.33. The predicted molar refractivity (Wildman–Crippen MR) is 75.4 cm³/mol. The Morgan fingerprint density at radius 3 is 2.89 bits per heavy atom. The zero-order valence-corrected chi connectivity index (χ0v) is 11.5. The van der Waals surface area contributed by atoms with Crippen molar-refractivity contribution in [3.05, 3.63) is 46.7 Å². The molecule has 0 spiro atoms. The van der Waals surface area contributed by atoms with Gasteiger partial charge in [-0.1, -0.05) is 11.6 Å². The minimum absolute atomic E-state index is 0.138. The van der Waals surface area contributed by atoms with Gasteiger partial charge in [-0.15, -0.1) is 0 Å². The minimum Gasteiger partial charge on any atom is -0.380 e. The maximum absolute atomic E-state index is 11.6. The van der Waals surface area contributed by atoms with Gasteiger partial charge in [0.1, 0.15) is 0 Å². The molecule has 2 aromatic rings. The van der Waals surface area contributed by atoms with Crippen LogP contribution in [0.4, 0.5) is 5.69 Å². The SMILES string of the molecule is CNC(=O)c1ccc(Cl)c(NCc2cnn(C)c2)c1. The summed E-state index contributed by atoms with van der Waals surface area (Å²) in [4.78, 5) is 11.6. The molecule has 0 bridgehead atoms. The predicted octanol–water partition coefficient (Wildman–Crippen LogP) is 2.05. The highest BCUT2D eigenvalue weighted by Crippen LogP contribution is 2.23. The fourth-order valence-corrected chi connectivity index (χ4v) is 1.89. The van der Waals surface area contributed by atoms with E-state index < -0.39 is 0 Å². The molecule has 19 heavy (non-hydrogen) atoms. The van der Waals surface area contributed by atoms with Crippen LogP contribution in [0, 0.1) is 0 Å². The average molecular weight is 279 g/mol. The zero-order valence-electron chi connectivity index (χ0n) is 10.8. The molecule has 0 radical (unpaired) electrons. The molecule has 0 fully saturated rings. The van der Waals surface area contributed by atoms with Crippen LogP contribution < -0.4 is 10.6 Å². The molecular weight excluding hydrogens is 264 g/mol. The molecule has 1 amide bonds. The lowest BCUT2D eigenvalue weighted by atomic mass is 10.2. The summed E-state index contributed by atoms with van der Waals surface area (Å²) in [7, 11) is 3.46. The molecule has 0 aliphatic heterocycles. The molecule has 6 heteroatoms. The van der Waals surface area contributed by atoms with Crippen molar-refractivity contribution in [3.8, 4) is 0 Å². The number of aryl methyl sites for hydroxylation is 1. The maximum atomic E-state index is 11.6. The Morgan fingerprint density at radius 2 is 2.26 bits per heavy atom. The molecule has 1 heterocycles. The van der Waals surface area contributed by atoms with Crippen LogP contribution in [-0.4, -0.2) is 22.7 Å². The molecule has 5 nitrogen and oxygen atoms in total. The van der Waals surface area contributed by atoms with Gasteiger partial charge in [0, 0.05) is 38.0 Å². The van der Waals surface area contributed by atoms with Gasteiger partial charge in [-0.3, -0.25) is 9.48 Å². The first kappa shape index (κ1) is 13.4. The molecule has 1 aromatic carbocycles. The Hall–Kier alpha value is -2.01.